The van der Waals surface area contributed by atoms with Gasteiger partial charge in [-0.05, 0) is 46.5 Å². The summed E-state index contributed by atoms with van der Waals surface area (Å²) in [6, 6.07) is 24.8. The Morgan fingerprint density at radius 3 is 2.40 bits per heavy atom. The Bertz CT molecular complexity index is 1120. The summed E-state index contributed by atoms with van der Waals surface area (Å²) in [4.78, 5) is 5.33. The van der Waals surface area contributed by atoms with Gasteiger partial charge in [0.25, 0.3) is 0 Å². The maximum absolute atomic E-state index is 6.30. The molecule has 0 aliphatic rings. The van der Waals surface area contributed by atoms with E-state index in [0.717, 1.165) is 17.9 Å². The molecule has 0 saturated heterocycles. The summed E-state index contributed by atoms with van der Waals surface area (Å²) in [7, 11) is 0. The Balaban J connectivity index is 1.52. The van der Waals surface area contributed by atoms with Gasteiger partial charge in [0.15, 0.2) is 0 Å². The number of hydrogen-bond acceptors (Lipinski definition) is 2. The van der Waals surface area contributed by atoms with Crippen molar-refractivity contribution in [3.63, 3.8) is 0 Å². The van der Waals surface area contributed by atoms with E-state index in [4.69, 9.17) is 23.2 Å². The fourth-order valence-corrected chi connectivity index (χ4v) is 4.60. The number of aromatic nitrogens is 2. The van der Waals surface area contributed by atoms with Crippen molar-refractivity contribution in [1.29, 1.82) is 0 Å². The molecule has 0 radical (unpaired) electrons. The van der Waals surface area contributed by atoms with Crippen LogP contribution in [0.15, 0.2) is 102 Å². The van der Waals surface area contributed by atoms with E-state index in [9.17, 15) is 0 Å². The molecule has 1 aromatic heterocycles. The molecule has 0 bridgehead atoms. The van der Waals surface area contributed by atoms with E-state index in [0.29, 0.717) is 10.0 Å². The summed E-state index contributed by atoms with van der Waals surface area (Å²) in [5.74, 6) is 0.803. The Morgan fingerprint density at radius 2 is 1.70 bits per heavy atom. The van der Waals surface area contributed by atoms with Crippen molar-refractivity contribution in [1.82, 2.24) is 9.55 Å². The molecule has 1 heterocycles. The lowest BCUT2D eigenvalue weighted by Gasteiger charge is -2.11. The van der Waals surface area contributed by atoms with E-state index in [1.165, 1.54) is 21.6 Å². The molecule has 2 nitrogen and oxygen atoms in total. The molecule has 0 unspecified atom stereocenters. The van der Waals surface area contributed by atoms with Gasteiger partial charge >= 0.3 is 0 Å². The van der Waals surface area contributed by atoms with Crippen LogP contribution in [0, 0.1) is 0 Å². The molecule has 0 N–H and O–H groups in total. The lowest BCUT2D eigenvalue weighted by atomic mass is 9.97. The molecule has 30 heavy (non-hydrogen) atoms. The highest BCUT2D eigenvalue weighted by Crippen LogP contribution is 2.30. The highest BCUT2D eigenvalue weighted by molar-refractivity contribution is 7.98. The Labute approximate surface area is 191 Å². The van der Waals surface area contributed by atoms with Gasteiger partial charge in [-0.2, -0.15) is 0 Å². The third-order valence-corrected chi connectivity index (χ3v) is 6.37. The van der Waals surface area contributed by atoms with Gasteiger partial charge < -0.3 is 4.57 Å². The first kappa shape index (κ1) is 20.8. The van der Waals surface area contributed by atoms with Gasteiger partial charge in [-0.15, -0.1) is 11.8 Å². The molecule has 0 spiro atoms. The van der Waals surface area contributed by atoms with Crippen molar-refractivity contribution in [2.45, 2.75) is 17.2 Å². The lowest BCUT2D eigenvalue weighted by Crippen LogP contribution is -1.94. The van der Waals surface area contributed by atoms with Crippen LogP contribution in [0.2, 0.25) is 10.0 Å². The molecule has 0 atom stereocenters. The monoisotopic (exact) mass is 450 g/mol. The minimum atomic E-state index is 0.661. The van der Waals surface area contributed by atoms with E-state index in [1.807, 2.05) is 30.7 Å². The average molecular weight is 451 g/mol. The highest BCUT2D eigenvalue weighted by atomic mass is 35.5. The second kappa shape index (κ2) is 10.0. The number of halogens is 2. The molecule has 4 rings (SSSR count). The molecule has 0 saturated carbocycles. The van der Waals surface area contributed by atoms with Crippen LogP contribution in [-0.4, -0.2) is 9.55 Å². The summed E-state index contributed by atoms with van der Waals surface area (Å²) < 4.78 is 2.06. The minimum absolute atomic E-state index is 0.661. The normalized spacial score (nSPS) is 11.6. The maximum atomic E-state index is 6.30. The predicted molar refractivity (Wildman–Crippen MR) is 128 cm³/mol. The summed E-state index contributed by atoms with van der Waals surface area (Å²) in [5.41, 5.74) is 4.68. The van der Waals surface area contributed by atoms with E-state index in [1.54, 1.807) is 24.0 Å². The molecule has 0 fully saturated rings. The molecule has 0 aliphatic heterocycles. The number of thioether (sulfide) groups is 1. The minimum Gasteiger partial charge on any atom is -0.334 e. The molecular weight excluding hydrogens is 431 g/mol. The summed E-state index contributed by atoms with van der Waals surface area (Å²) in [5, 5.41) is 1.37. The van der Waals surface area contributed by atoms with Crippen LogP contribution in [0.5, 0.6) is 0 Å². The van der Waals surface area contributed by atoms with E-state index in [2.05, 4.69) is 64.2 Å². The third kappa shape index (κ3) is 5.37. The third-order valence-electron chi connectivity index (χ3n) is 4.72. The first-order valence-corrected chi connectivity index (χ1v) is 11.3. The molecule has 4 aromatic rings. The van der Waals surface area contributed by atoms with Crippen LogP contribution in [0.25, 0.3) is 5.57 Å². The van der Waals surface area contributed by atoms with Crippen molar-refractivity contribution in [2.24, 2.45) is 0 Å². The summed E-state index contributed by atoms with van der Waals surface area (Å²) >= 11 is 14.0. The number of rotatable bonds is 7. The predicted octanol–water partition coefficient (Wildman–Crippen LogP) is 7.61. The fraction of sp³-hybridized carbons (Fsp3) is 0.0800. The van der Waals surface area contributed by atoms with Crippen LogP contribution in [0.3, 0.4) is 0 Å². The van der Waals surface area contributed by atoms with Gasteiger partial charge in [0.05, 0.1) is 6.33 Å². The van der Waals surface area contributed by atoms with Crippen molar-refractivity contribution >= 4 is 40.5 Å². The molecule has 5 heteroatoms. The van der Waals surface area contributed by atoms with E-state index >= 15 is 0 Å². The Kier molecular flexibility index (Phi) is 6.96. The second-order valence-electron chi connectivity index (χ2n) is 6.79. The largest absolute Gasteiger partial charge is 0.334 e. The fourth-order valence-electron chi connectivity index (χ4n) is 3.14. The van der Waals surface area contributed by atoms with Gasteiger partial charge in [-0.3, -0.25) is 0 Å². The van der Waals surface area contributed by atoms with Gasteiger partial charge in [-0.1, -0.05) is 77.8 Å². The maximum Gasteiger partial charge on any atom is 0.0948 e. The van der Waals surface area contributed by atoms with Crippen molar-refractivity contribution in [3.05, 3.63) is 124 Å². The average Bonchev–Trinajstić information content (AvgIpc) is 3.29. The molecular formula is C25H20Cl2N2S. The van der Waals surface area contributed by atoms with E-state index in [-0.39, 0.29) is 0 Å². The summed E-state index contributed by atoms with van der Waals surface area (Å²) in [6.07, 6.45) is 7.85. The van der Waals surface area contributed by atoms with Crippen molar-refractivity contribution in [2.75, 3.05) is 0 Å². The quantitative estimate of drug-likeness (QED) is 0.269. The van der Waals surface area contributed by atoms with Gasteiger partial charge in [0.2, 0.25) is 0 Å². The zero-order chi connectivity index (χ0) is 20.8. The summed E-state index contributed by atoms with van der Waals surface area (Å²) in [6.45, 7) is 0.774. The van der Waals surface area contributed by atoms with Gasteiger partial charge in [-0.25, -0.2) is 4.98 Å². The van der Waals surface area contributed by atoms with Crippen LogP contribution in [0.1, 0.15) is 16.7 Å². The van der Waals surface area contributed by atoms with Crippen LogP contribution in [0.4, 0.5) is 0 Å². The Hall–Kier alpha value is -2.46. The van der Waals surface area contributed by atoms with Crippen LogP contribution >= 0.6 is 35.0 Å². The highest BCUT2D eigenvalue weighted by Gasteiger charge is 2.07. The van der Waals surface area contributed by atoms with E-state index < -0.39 is 0 Å². The molecule has 0 aliphatic carbocycles. The first-order chi connectivity index (χ1) is 14.7. The number of allylic oxidation sites excluding steroid dienone is 1. The smallest absolute Gasteiger partial charge is 0.0948 e. The number of imidazole rings is 1. The zero-order valence-electron chi connectivity index (χ0n) is 16.2. The standard InChI is InChI=1S/C25H20Cl2N2S/c26-22-9-6-21(25(27)16-22)17-30-23-10-7-20(8-11-23)24(19-4-2-1-3-5-19)12-14-29-15-13-28-18-29/h1-13,15-16,18H,14,17H2. The van der Waals surface area contributed by atoms with Crippen LogP contribution < -0.4 is 0 Å². The number of nitrogens with zero attached hydrogens (tertiary/aromatic N) is 2. The van der Waals surface area contributed by atoms with Gasteiger partial charge in [0, 0.05) is 39.6 Å². The number of hydrogen-bond donors (Lipinski definition) is 0. The topological polar surface area (TPSA) is 17.8 Å². The first-order valence-electron chi connectivity index (χ1n) is 9.57. The number of benzene rings is 3. The lowest BCUT2D eigenvalue weighted by molar-refractivity contribution is 0.821. The Morgan fingerprint density at radius 1 is 0.933 bits per heavy atom. The molecule has 150 valence electrons. The SMILES string of the molecule is Clc1ccc(CSc2ccc(C(=CCn3ccnc3)c3ccccc3)cc2)c(Cl)c1. The van der Waals surface area contributed by atoms with Crippen molar-refractivity contribution < 1.29 is 0 Å². The van der Waals surface area contributed by atoms with Gasteiger partial charge in [0.1, 0.15) is 0 Å². The van der Waals surface area contributed by atoms with Crippen molar-refractivity contribution in [3.8, 4) is 0 Å². The van der Waals surface area contributed by atoms with Crippen LogP contribution in [-0.2, 0) is 12.3 Å². The second-order valence-corrected chi connectivity index (χ2v) is 8.68. The zero-order valence-corrected chi connectivity index (χ0v) is 18.5. The molecule has 0 amide bonds. The molecule has 3 aromatic carbocycles.